The van der Waals surface area contributed by atoms with Crippen molar-refractivity contribution in [2.24, 2.45) is 0 Å². The van der Waals surface area contributed by atoms with Crippen LogP contribution in [0.3, 0.4) is 0 Å². The molecule has 26 heavy (non-hydrogen) atoms. The van der Waals surface area contributed by atoms with Crippen molar-refractivity contribution in [3.63, 3.8) is 0 Å². The Morgan fingerprint density at radius 2 is 1.58 bits per heavy atom. The van der Waals surface area contributed by atoms with Gasteiger partial charge in [0.15, 0.2) is 0 Å². The monoisotopic (exact) mass is 354 g/mol. The Bertz CT molecular complexity index is 688. The van der Waals surface area contributed by atoms with E-state index in [0.717, 1.165) is 11.1 Å². The maximum Gasteiger partial charge on any atom is 0.139 e. The van der Waals surface area contributed by atoms with Gasteiger partial charge in [0.05, 0.1) is 25.9 Å². The van der Waals surface area contributed by atoms with Gasteiger partial charge in [-0.1, -0.05) is 66.7 Å². The second kappa shape index (κ2) is 8.60. The van der Waals surface area contributed by atoms with E-state index in [1.807, 2.05) is 67.6 Å². The molecule has 1 N–H and O–H groups in total. The lowest BCUT2D eigenvalue weighted by Gasteiger charge is -2.46. The van der Waals surface area contributed by atoms with Gasteiger partial charge in [-0.25, -0.2) is 0 Å². The third-order valence-electron chi connectivity index (χ3n) is 4.80. The Hall–Kier alpha value is -1.98. The highest BCUT2D eigenvalue weighted by molar-refractivity contribution is 5.16. The van der Waals surface area contributed by atoms with Crippen molar-refractivity contribution in [1.29, 1.82) is 0 Å². The van der Waals surface area contributed by atoms with Crippen LogP contribution in [-0.4, -0.2) is 35.6 Å². The molecule has 2 aromatic carbocycles. The summed E-state index contributed by atoms with van der Waals surface area (Å²) < 4.78 is 17.8. The molecule has 1 aliphatic heterocycles. The Morgan fingerprint density at radius 1 is 1.04 bits per heavy atom. The van der Waals surface area contributed by atoms with Crippen molar-refractivity contribution in [3.8, 4) is 0 Å². The van der Waals surface area contributed by atoms with Crippen molar-refractivity contribution < 1.29 is 19.3 Å². The van der Waals surface area contributed by atoms with Gasteiger partial charge < -0.3 is 19.3 Å². The molecule has 0 saturated carbocycles. The molecule has 0 radical (unpaired) electrons. The van der Waals surface area contributed by atoms with Crippen LogP contribution in [0.15, 0.2) is 73.3 Å². The normalized spacial score (nSPS) is 28.6. The maximum atomic E-state index is 11.3. The molecule has 4 heteroatoms. The molecule has 138 valence electrons. The lowest BCUT2D eigenvalue weighted by molar-refractivity contribution is -0.249. The average molecular weight is 354 g/mol. The molecule has 0 amide bonds. The number of ether oxygens (including phenoxy) is 3. The van der Waals surface area contributed by atoms with Gasteiger partial charge in [-0.05, 0) is 18.1 Å². The maximum absolute atomic E-state index is 11.3. The highest BCUT2D eigenvalue weighted by atomic mass is 16.6. The zero-order valence-corrected chi connectivity index (χ0v) is 15.1. The molecule has 4 atom stereocenters. The lowest BCUT2D eigenvalue weighted by atomic mass is 9.85. The zero-order chi connectivity index (χ0) is 18.4. The van der Waals surface area contributed by atoms with Gasteiger partial charge in [-0.3, -0.25) is 0 Å². The average Bonchev–Trinajstić information content (AvgIpc) is 2.69. The predicted molar refractivity (Wildman–Crippen MR) is 101 cm³/mol. The van der Waals surface area contributed by atoms with E-state index in [-0.39, 0.29) is 6.10 Å². The van der Waals surface area contributed by atoms with Gasteiger partial charge in [-0.15, -0.1) is 6.58 Å². The SMILES string of the molecule is C=C[C@]1(O)C(OCc2ccccc2)C(C)OC[C@H]1OCc1ccccc1. The van der Waals surface area contributed by atoms with Gasteiger partial charge in [0, 0.05) is 0 Å². The van der Waals surface area contributed by atoms with Crippen molar-refractivity contribution in [3.05, 3.63) is 84.4 Å². The topological polar surface area (TPSA) is 47.9 Å². The molecule has 1 fully saturated rings. The highest BCUT2D eigenvalue weighted by Crippen LogP contribution is 2.32. The van der Waals surface area contributed by atoms with Crippen LogP contribution in [0.25, 0.3) is 0 Å². The fraction of sp³-hybridized carbons (Fsp3) is 0.364. The van der Waals surface area contributed by atoms with Gasteiger partial charge in [-0.2, -0.15) is 0 Å². The second-order valence-corrected chi connectivity index (χ2v) is 6.63. The van der Waals surface area contributed by atoms with Crippen LogP contribution in [0.4, 0.5) is 0 Å². The molecule has 0 spiro atoms. The Balaban J connectivity index is 1.69. The fourth-order valence-electron chi connectivity index (χ4n) is 3.25. The molecule has 0 aromatic heterocycles. The van der Waals surface area contributed by atoms with Crippen LogP contribution in [-0.2, 0) is 27.4 Å². The first kappa shape index (κ1) is 18.8. The van der Waals surface area contributed by atoms with Gasteiger partial charge >= 0.3 is 0 Å². The van der Waals surface area contributed by atoms with Crippen LogP contribution < -0.4 is 0 Å². The molecular weight excluding hydrogens is 328 g/mol. The zero-order valence-electron chi connectivity index (χ0n) is 15.1. The predicted octanol–water partition coefficient (Wildman–Crippen LogP) is 3.49. The molecule has 2 unspecified atom stereocenters. The summed E-state index contributed by atoms with van der Waals surface area (Å²) >= 11 is 0. The Kier molecular flexibility index (Phi) is 6.22. The van der Waals surface area contributed by atoms with Crippen LogP contribution in [0.1, 0.15) is 18.1 Å². The largest absolute Gasteiger partial charge is 0.380 e. The van der Waals surface area contributed by atoms with Gasteiger partial charge in [0.25, 0.3) is 0 Å². The summed E-state index contributed by atoms with van der Waals surface area (Å²) in [6, 6.07) is 19.7. The Labute approximate surface area is 155 Å². The van der Waals surface area contributed by atoms with Crippen LogP contribution >= 0.6 is 0 Å². The first-order valence-electron chi connectivity index (χ1n) is 8.92. The van der Waals surface area contributed by atoms with E-state index < -0.39 is 17.8 Å². The third-order valence-corrected chi connectivity index (χ3v) is 4.80. The van der Waals surface area contributed by atoms with Crippen LogP contribution in [0.2, 0.25) is 0 Å². The summed E-state index contributed by atoms with van der Waals surface area (Å²) in [5.41, 5.74) is 0.763. The van der Waals surface area contributed by atoms with E-state index in [4.69, 9.17) is 14.2 Å². The molecule has 0 bridgehead atoms. The van der Waals surface area contributed by atoms with Crippen molar-refractivity contribution in [2.75, 3.05) is 6.61 Å². The number of hydrogen-bond donors (Lipinski definition) is 1. The number of hydrogen-bond acceptors (Lipinski definition) is 4. The molecule has 1 heterocycles. The van der Waals surface area contributed by atoms with E-state index in [1.165, 1.54) is 6.08 Å². The Morgan fingerprint density at radius 3 is 2.12 bits per heavy atom. The number of aliphatic hydroxyl groups is 1. The second-order valence-electron chi connectivity index (χ2n) is 6.63. The van der Waals surface area contributed by atoms with Gasteiger partial charge in [0.2, 0.25) is 0 Å². The summed E-state index contributed by atoms with van der Waals surface area (Å²) in [5, 5.41) is 11.3. The minimum atomic E-state index is -1.32. The van der Waals surface area contributed by atoms with Crippen LogP contribution in [0.5, 0.6) is 0 Å². The van der Waals surface area contributed by atoms with Crippen molar-refractivity contribution in [1.82, 2.24) is 0 Å². The van der Waals surface area contributed by atoms with Gasteiger partial charge in [0.1, 0.15) is 17.8 Å². The highest BCUT2D eigenvalue weighted by Gasteiger charge is 2.50. The summed E-state index contributed by atoms with van der Waals surface area (Å²) in [6.07, 6.45) is 0.155. The third kappa shape index (κ3) is 4.22. The summed E-state index contributed by atoms with van der Waals surface area (Å²) in [4.78, 5) is 0. The van der Waals surface area contributed by atoms with E-state index in [0.29, 0.717) is 19.8 Å². The molecular formula is C22H26O4. The minimum absolute atomic E-state index is 0.265. The summed E-state index contributed by atoms with van der Waals surface area (Å²) in [7, 11) is 0. The first-order chi connectivity index (χ1) is 12.6. The molecule has 2 aromatic rings. The van der Waals surface area contributed by atoms with E-state index in [9.17, 15) is 5.11 Å². The minimum Gasteiger partial charge on any atom is -0.380 e. The van der Waals surface area contributed by atoms with E-state index in [1.54, 1.807) is 0 Å². The van der Waals surface area contributed by atoms with Crippen molar-refractivity contribution >= 4 is 0 Å². The first-order valence-corrected chi connectivity index (χ1v) is 8.92. The number of benzene rings is 2. The van der Waals surface area contributed by atoms with E-state index in [2.05, 4.69) is 6.58 Å². The van der Waals surface area contributed by atoms with Crippen LogP contribution in [0, 0.1) is 0 Å². The summed E-state index contributed by atoms with van der Waals surface area (Å²) in [5.74, 6) is 0. The molecule has 1 aliphatic rings. The quantitative estimate of drug-likeness (QED) is 0.773. The van der Waals surface area contributed by atoms with E-state index >= 15 is 0 Å². The fourth-order valence-corrected chi connectivity index (χ4v) is 3.25. The smallest absolute Gasteiger partial charge is 0.139 e. The summed E-state index contributed by atoms with van der Waals surface area (Å²) in [6.45, 7) is 6.81. The lowest BCUT2D eigenvalue weighted by Crippen LogP contribution is -2.62. The molecule has 0 aliphatic carbocycles. The number of rotatable bonds is 7. The molecule has 3 rings (SSSR count). The van der Waals surface area contributed by atoms with Crippen molar-refractivity contribution in [2.45, 2.75) is 44.1 Å². The molecule has 4 nitrogen and oxygen atoms in total. The molecule has 1 saturated heterocycles. The standard InChI is InChI=1S/C22H26O4/c1-3-22(23)20(25-14-18-10-6-4-7-11-18)16-24-17(2)21(22)26-15-19-12-8-5-9-13-19/h3-13,17,20-21,23H,1,14-16H2,2H3/t17?,20-,21?,22-/m1/s1.